The van der Waals surface area contributed by atoms with Crippen LogP contribution >= 0.6 is 11.3 Å². The van der Waals surface area contributed by atoms with E-state index >= 15 is 0 Å². The van der Waals surface area contributed by atoms with Gasteiger partial charge in [0.1, 0.15) is 0 Å². The Morgan fingerprint density at radius 1 is 1.56 bits per heavy atom. The minimum absolute atomic E-state index is 0.615. The zero-order valence-electron chi connectivity index (χ0n) is 11.4. The zero-order chi connectivity index (χ0) is 12.8. The van der Waals surface area contributed by atoms with E-state index in [9.17, 15) is 0 Å². The van der Waals surface area contributed by atoms with E-state index in [0.29, 0.717) is 6.04 Å². The number of hydrogen-bond acceptors (Lipinski definition) is 4. The number of nitrogens with one attached hydrogen (secondary N) is 1. The van der Waals surface area contributed by atoms with E-state index in [0.717, 1.165) is 39.4 Å². The van der Waals surface area contributed by atoms with Crippen molar-refractivity contribution in [2.24, 2.45) is 0 Å². The van der Waals surface area contributed by atoms with E-state index in [4.69, 9.17) is 4.74 Å². The van der Waals surface area contributed by atoms with E-state index in [2.05, 4.69) is 35.5 Å². The maximum Gasteiger partial charge on any atom is 0.0622 e. The summed E-state index contributed by atoms with van der Waals surface area (Å²) in [6.07, 6.45) is 1.18. The molecule has 2 heterocycles. The number of aryl methyl sites for hydroxylation is 1. The van der Waals surface area contributed by atoms with Crippen molar-refractivity contribution in [3.8, 4) is 0 Å². The van der Waals surface area contributed by atoms with Gasteiger partial charge in [0.25, 0.3) is 0 Å². The SMILES string of the molecule is CCC1COCCN1CCNCc1sccc1C. The molecule has 1 aliphatic heterocycles. The molecular weight excluding hydrogens is 244 g/mol. The molecule has 0 aromatic carbocycles. The van der Waals surface area contributed by atoms with Gasteiger partial charge in [-0.3, -0.25) is 4.90 Å². The third-order valence-corrected chi connectivity index (χ3v) is 4.67. The maximum absolute atomic E-state index is 5.52. The molecule has 1 fully saturated rings. The molecule has 1 aliphatic rings. The zero-order valence-corrected chi connectivity index (χ0v) is 12.3. The number of hydrogen-bond donors (Lipinski definition) is 1. The van der Waals surface area contributed by atoms with Crippen LogP contribution in [0.15, 0.2) is 11.4 Å². The molecule has 1 aromatic heterocycles. The maximum atomic E-state index is 5.52. The van der Waals surface area contributed by atoms with Crippen LogP contribution in [0.5, 0.6) is 0 Å². The Balaban J connectivity index is 1.67. The van der Waals surface area contributed by atoms with Gasteiger partial charge < -0.3 is 10.1 Å². The second-order valence-corrected chi connectivity index (χ2v) is 5.88. The second kappa shape index (κ2) is 7.24. The first-order valence-electron chi connectivity index (χ1n) is 6.86. The van der Waals surface area contributed by atoms with Gasteiger partial charge in [-0.2, -0.15) is 0 Å². The highest BCUT2D eigenvalue weighted by Gasteiger charge is 2.20. The van der Waals surface area contributed by atoms with E-state index < -0.39 is 0 Å². The van der Waals surface area contributed by atoms with Crippen LogP contribution < -0.4 is 5.32 Å². The van der Waals surface area contributed by atoms with Crippen LogP contribution in [0.25, 0.3) is 0 Å². The lowest BCUT2D eigenvalue weighted by Crippen LogP contribution is -2.47. The molecule has 1 atom stereocenters. The lowest BCUT2D eigenvalue weighted by Gasteiger charge is -2.35. The van der Waals surface area contributed by atoms with Crippen LogP contribution in [0.2, 0.25) is 0 Å². The van der Waals surface area contributed by atoms with Gasteiger partial charge in [-0.05, 0) is 30.4 Å². The molecular formula is C14H24N2OS. The third-order valence-electron chi connectivity index (χ3n) is 3.65. The van der Waals surface area contributed by atoms with Gasteiger partial charge in [0.2, 0.25) is 0 Å². The molecule has 0 saturated carbocycles. The quantitative estimate of drug-likeness (QED) is 0.801. The Morgan fingerprint density at radius 2 is 2.44 bits per heavy atom. The van der Waals surface area contributed by atoms with Crippen molar-refractivity contribution >= 4 is 11.3 Å². The molecule has 1 N–H and O–H groups in total. The minimum Gasteiger partial charge on any atom is -0.378 e. The van der Waals surface area contributed by atoms with E-state index in [1.165, 1.54) is 16.9 Å². The molecule has 1 aromatic rings. The largest absolute Gasteiger partial charge is 0.378 e. The molecule has 102 valence electrons. The molecule has 18 heavy (non-hydrogen) atoms. The predicted molar refractivity (Wildman–Crippen MR) is 77.2 cm³/mol. The molecule has 0 spiro atoms. The smallest absolute Gasteiger partial charge is 0.0622 e. The minimum atomic E-state index is 0.615. The second-order valence-electron chi connectivity index (χ2n) is 4.88. The fourth-order valence-corrected chi connectivity index (χ4v) is 3.25. The Hall–Kier alpha value is -0.420. The van der Waals surface area contributed by atoms with Gasteiger partial charge in [-0.25, -0.2) is 0 Å². The monoisotopic (exact) mass is 268 g/mol. The summed E-state index contributed by atoms with van der Waals surface area (Å²) in [4.78, 5) is 4.02. The first kappa shape index (κ1) is 14.0. The van der Waals surface area contributed by atoms with Crippen molar-refractivity contribution in [1.29, 1.82) is 0 Å². The Labute approximate surface area is 114 Å². The summed E-state index contributed by atoms with van der Waals surface area (Å²) in [7, 11) is 0. The molecule has 0 amide bonds. The van der Waals surface area contributed by atoms with Gasteiger partial charge in [-0.1, -0.05) is 6.92 Å². The Bertz CT molecular complexity index is 353. The van der Waals surface area contributed by atoms with Crippen LogP contribution in [0, 0.1) is 6.92 Å². The molecule has 0 bridgehead atoms. The topological polar surface area (TPSA) is 24.5 Å². The Kier molecular flexibility index (Phi) is 5.63. The molecule has 3 nitrogen and oxygen atoms in total. The summed E-state index contributed by atoms with van der Waals surface area (Å²) in [6, 6.07) is 2.81. The summed E-state index contributed by atoms with van der Waals surface area (Å²) in [5.41, 5.74) is 1.41. The van der Waals surface area contributed by atoms with Gasteiger partial charge in [-0.15, -0.1) is 11.3 Å². The normalized spacial score (nSPS) is 21.3. The Morgan fingerprint density at radius 3 is 3.17 bits per heavy atom. The molecule has 2 rings (SSSR count). The van der Waals surface area contributed by atoms with Crippen molar-refractivity contribution in [1.82, 2.24) is 10.2 Å². The summed E-state index contributed by atoms with van der Waals surface area (Å²) >= 11 is 1.84. The number of nitrogens with zero attached hydrogens (tertiary/aromatic N) is 1. The van der Waals surface area contributed by atoms with Crippen LogP contribution in [-0.4, -0.2) is 43.8 Å². The molecule has 1 saturated heterocycles. The van der Waals surface area contributed by atoms with Crippen molar-refractivity contribution in [2.45, 2.75) is 32.9 Å². The van der Waals surface area contributed by atoms with E-state index in [1.807, 2.05) is 11.3 Å². The lowest BCUT2D eigenvalue weighted by atomic mass is 10.2. The summed E-state index contributed by atoms with van der Waals surface area (Å²) in [6.45, 7) is 10.5. The molecule has 0 radical (unpaired) electrons. The molecule has 0 aliphatic carbocycles. The van der Waals surface area contributed by atoms with E-state index in [1.54, 1.807) is 0 Å². The number of rotatable bonds is 6. The van der Waals surface area contributed by atoms with Crippen LogP contribution in [0.4, 0.5) is 0 Å². The fourth-order valence-electron chi connectivity index (χ4n) is 2.37. The van der Waals surface area contributed by atoms with Crippen LogP contribution in [0.3, 0.4) is 0 Å². The number of thiophene rings is 1. The summed E-state index contributed by atoms with van der Waals surface area (Å²) < 4.78 is 5.52. The van der Waals surface area contributed by atoms with Gasteiger partial charge in [0.15, 0.2) is 0 Å². The summed E-state index contributed by atoms with van der Waals surface area (Å²) in [5.74, 6) is 0. The standard InChI is InChI=1S/C14H24N2OS/c1-3-13-11-17-8-7-16(13)6-5-15-10-14-12(2)4-9-18-14/h4,9,13,15H,3,5-8,10-11H2,1-2H3. The van der Waals surface area contributed by atoms with E-state index in [-0.39, 0.29) is 0 Å². The third kappa shape index (κ3) is 3.79. The number of morpholine rings is 1. The lowest BCUT2D eigenvalue weighted by molar-refractivity contribution is -0.00786. The first-order valence-corrected chi connectivity index (χ1v) is 7.74. The van der Waals surface area contributed by atoms with Crippen molar-refractivity contribution in [3.05, 3.63) is 21.9 Å². The predicted octanol–water partition coefficient (Wildman–Crippen LogP) is 2.26. The van der Waals surface area contributed by atoms with Crippen molar-refractivity contribution in [3.63, 3.8) is 0 Å². The average Bonchev–Trinajstić information content (AvgIpc) is 2.81. The van der Waals surface area contributed by atoms with Crippen LogP contribution in [0.1, 0.15) is 23.8 Å². The highest BCUT2D eigenvalue weighted by Crippen LogP contribution is 2.14. The van der Waals surface area contributed by atoms with Gasteiger partial charge in [0, 0.05) is 37.1 Å². The van der Waals surface area contributed by atoms with Crippen LogP contribution in [-0.2, 0) is 11.3 Å². The average molecular weight is 268 g/mol. The number of ether oxygens (including phenoxy) is 1. The van der Waals surface area contributed by atoms with Crippen molar-refractivity contribution < 1.29 is 4.74 Å². The molecule has 4 heteroatoms. The first-order chi connectivity index (χ1) is 8.81. The van der Waals surface area contributed by atoms with Crippen molar-refractivity contribution in [2.75, 3.05) is 32.8 Å². The highest BCUT2D eigenvalue weighted by atomic mass is 32.1. The molecule has 1 unspecified atom stereocenters. The van der Waals surface area contributed by atoms with Gasteiger partial charge in [0.05, 0.1) is 13.2 Å². The van der Waals surface area contributed by atoms with Gasteiger partial charge >= 0.3 is 0 Å². The highest BCUT2D eigenvalue weighted by molar-refractivity contribution is 7.10. The fraction of sp³-hybridized carbons (Fsp3) is 0.714. The summed E-state index contributed by atoms with van der Waals surface area (Å²) in [5, 5.41) is 5.72.